The minimum atomic E-state index is -4.66. The summed E-state index contributed by atoms with van der Waals surface area (Å²) in [6, 6.07) is 24.1. The summed E-state index contributed by atoms with van der Waals surface area (Å²) in [7, 11) is -2.98. The average molecular weight is 1220 g/mol. The first kappa shape index (κ1) is 59.7. The van der Waals surface area contributed by atoms with Gasteiger partial charge in [0, 0.05) is 107 Å². The monoisotopic (exact) mass is 1220 g/mol. The average Bonchev–Trinajstić information content (AvgIpc) is 1.91. The van der Waals surface area contributed by atoms with E-state index in [1.54, 1.807) is 13.2 Å². The van der Waals surface area contributed by atoms with E-state index in [9.17, 15) is 28.4 Å². The zero-order valence-electron chi connectivity index (χ0n) is 50.7. The third kappa shape index (κ3) is 12.3. The number of fused-ring (bicyclic) bond motifs is 3. The van der Waals surface area contributed by atoms with Crippen molar-refractivity contribution in [2.24, 2.45) is 11.3 Å². The van der Waals surface area contributed by atoms with Gasteiger partial charge in [0.2, 0.25) is 11.8 Å². The number of nitrogens with one attached hydrogen (secondary N) is 3. The Morgan fingerprint density at radius 2 is 1.69 bits per heavy atom. The van der Waals surface area contributed by atoms with Crippen LogP contribution in [-0.4, -0.2) is 165 Å². The number of nitrogens with zero attached hydrogens (tertiary/aromatic N) is 8. The molecule has 6 fully saturated rings. The fraction of sp³-hybridized carbons (Fsp3) is 0.523. The molecular weight excluding hydrogens is 1140 g/mol. The summed E-state index contributed by atoms with van der Waals surface area (Å²) in [6.45, 7) is 15.1. The highest BCUT2D eigenvalue weighted by Gasteiger charge is 2.51. The van der Waals surface area contributed by atoms with Crippen LogP contribution >= 0.6 is 0 Å². The number of piperidine rings is 1. The number of carbonyl (C=O) groups is 1. The zero-order chi connectivity index (χ0) is 60.9. The number of aliphatic hydroxyl groups is 1. The first-order chi connectivity index (χ1) is 42.5. The second-order valence-corrected chi connectivity index (χ2v) is 27.5. The van der Waals surface area contributed by atoms with Gasteiger partial charge in [-0.05, 0) is 150 Å². The fourth-order valence-electron chi connectivity index (χ4n) is 14.7. The number of piperazine rings is 1. The van der Waals surface area contributed by atoms with Crippen LogP contribution < -0.4 is 38.9 Å². The van der Waals surface area contributed by atoms with Crippen molar-refractivity contribution < 1.29 is 46.9 Å². The Kier molecular flexibility index (Phi) is 16.7. The smallest absolute Gasteiger partial charge is 0.293 e. The van der Waals surface area contributed by atoms with Crippen LogP contribution in [0.3, 0.4) is 0 Å². The van der Waals surface area contributed by atoms with Crippen molar-refractivity contribution in [3.05, 3.63) is 118 Å². The lowest BCUT2D eigenvalue weighted by atomic mass is 9.59. The molecule has 4 N–H and O–H groups in total. The van der Waals surface area contributed by atoms with Crippen LogP contribution in [-0.2, 0) is 26.0 Å². The molecule has 8 heterocycles. The maximum Gasteiger partial charge on any atom is 0.293 e. The fourth-order valence-corrected chi connectivity index (χ4v) is 15.7. The highest BCUT2D eigenvalue weighted by molar-refractivity contribution is 7.90. The van der Waals surface area contributed by atoms with Crippen molar-refractivity contribution in [2.45, 2.75) is 126 Å². The minimum Gasteiger partial charge on any atom is -0.491 e. The number of nitro benzene ring substituents is 1. The first-order valence-corrected chi connectivity index (χ1v) is 32.8. The van der Waals surface area contributed by atoms with Gasteiger partial charge >= 0.3 is 0 Å². The normalized spacial score (nSPS) is 24.3. The standard InChI is InChI=1S/C65H81N11O11S/c1-42(2)86-58-8-6-5-7-49(58)57-40-71(39-44-31-55(62(83-4)68-38-44)73-26-29-84-30-27-73)24-25-74(57)47-35-65(36-47)19-22-72(23-20-65)46-9-11-50(53(33-46)75-52-16-28-85-41-59(52)87-63-56(75)32-45-15-21-66-60(45)69-63)61(77)70-88(81,82)48-10-12-51(54(34-48)76(79)80)67-37-43-13-17-64(3,78)18-14-43/h5-12,15,21,31-34,38,42-43,47,52,57,59,67,78H,13-14,16-20,22-30,35-37,39-41H2,1-4H3,(H,66,69)(H,70,77)/t43?,52-,57+,59-,64?/m0/s1. The number of carbonyl (C=O) groups excluding carboxylic acids is 1. The van der Waals surface area contributed by atoms with Crippen molar-refractivity contribution in [2.75, 3.05) is 106 Å². The van der Waals surface area contributed by atoms with Gasteiger partial charge in [0.25, 0.3) is 21.6 Å². The lowest BCUT2D eigenvalue weighted by Crippen LogP contribution is -2.59. The molecule has 5 aliphatic heterocycles. The molecule has 0 unspecified atom stereocenters. The third-order valence-electron chi connectivity index (χ3n) is 19.5. The Labute approximate surface area is 514 Å². The van der Waals surface area contributed by atoms with E-state index in [0.717, 1.165) is 125 Å². The van der Waals surface area contributed by atoms with Crippen molar-refractivity contribution in [3.63, 3.8) is 0 Å². The van der Waals surface area contributed by atoms with Gasteiger partial charge in [-0.2, -0.15) is 4.98 Å². The number of H-pyrrole nitrogens is 1. The molecule has 1 amide bonds. The van der Waals surface area contributed by atoms with Crippen molar-refractivity contribution >= 4 is 61.1 Å². The van der Waals surface area contributed by atoms with E-state index < -0.39 is 43.1 Å². The number of pyridine rings is 2. The first-order valence-electron chi connectivity index (χ1n) is 31.3. The molecule has 2 aliphatic carbocycles. The molecule has 3 aromatic carbocycles. The topological polar surface area (TPSA) is 243 Å². The molecule has 22 nitrogen and oxygen atoms in total. The number of aromatic nitrogens is 3. The Morgan fingerprint density at radius 1 is 0.898 bits per heavy atom. The predicted octanol–water partition coefficient (Wildman–Crippen LogP) is 8.97. The van der Waals surface area contributed by atoms with Crippen molar-refractivity contribution in [1.29, 1.82) is 0 Å². The quantitative estimate of drug-likeness (QED) is 0.0492. The molecular formula is C65H81N11O11S. The molecule has 4 saturated heterocycles. The third-order valence-corrected chi connectivity index (χ3v) is 20.9. The van der Waals surface area contributed by atoms with E-state index in [0.29, 0.717) is 80.5 Å². The largest absolute Gasteiger partial charge is 0.491 e. The SMILES string of the molecule is COc1ncc(CN2CCN(C3CC4(CCN(c5ccc(C(=O)NS(=O)(=O)c6ccc(NCC7CCC(C)(O)CC7)c([N+](=O)[O-])c6)c(N6c7cc8cc[nH]c8nc7O[C@H]7COCC[C@@H]76)c5)CC4)C3)[C@@H](c3ccccc3OC(C)C)C2)cc1N1CCOCC1. The van der Waals surface area contributed by atoms with Gasteiger partial charge < -0.3 is 53.8 Å². The van der Waals surface area contributed by atoms with Gasteiger partial charge in [0.15, 0.2) is 0 Å². The summed E-state index contributed by atoms with van der Waals surface area (Å²) >= 11 is 0. The maximum absolute atomic E-state index is 14.9. The summed E-state index contributed by atoms with van der Waals surface area (Å²) < 4.78 is 61.4. The van der Waals surface area contributed by atoms with Gasteiger partial charge in [-0.15, -0.1) is 0 Å². The number of morpholine rings is 1. The van der Waals surface area contributed by atoms with Crippen LogP contribution in [0.2, 0.25) is 0 Å². The van der Waals surface area contributed by atoms with Gasteiger partial charge in [-0.1, -0.05) is 18.2 Å². The zero-order valence-corrected chi connectivity index (χ0v) is 51.5. The highest BCUT2D eigenvalue weighted by Crippen LogP contribution is 2.54. The summed E-state index contributed by atoms with van der Waals surface area (Å²) in [4.78, 5) is 51.3. The Bertz CT molecular complexity index is 3650. The van der Waals surface area contributed by atoms with E-state index in [2.05, 4.69) is 83.7 Å². The summed E-state index contributed by atoms with van der Waals surface area (Å²) in [5, 5.41) is 26.9. The van der Waals surface area contributed by atoms with Crippen molar-refractivity contribution in [1.82, 2.24) is 29.5 Å². The molecule has 23 heteroatoms. The number of anilines is 5. The van der Waals surface area contributed by atoms with Crippen LogP contribution in [0.1, 0.15) is 106 Å². The molecule has 0 bridgehead atoms. The lowest BCUT2D eigenvalue weighted by Gasteiger charge is -2.58. The van der Waals surface area contributed by atoms with Crippen molar-refractivity contribution in [3.8, 4) is 17.5 Å². The minimum absolute atomic E-state index is 0.0239. The van der Waals surface area contributed by atoms with Gasteiger partial charge in [0.05, 0.1) is 71.8 Å². The number of sulfonamides is 1. The molecule has 13 rings (SSSR count). The number of ether oxygens (including phenoxy) is 5. The Balaban J connectivity index is 0.747. The summed E-state index contributed by atoms with van der Waals surface area (Å²) in [6.07, 6.45) is 10.8. The van der Waals surface area contributed by atoms with Gasteiger partial charge in [-0.25, -0.2) is 18.1 Å². The predicted molar refractivity (Wildman–Crippen MR) is 335 cm³/mol. The molecule has 7 aliphatic rings. The Morgan fingerprint density at radius 3 is 2.47 bits per heavy atom. The molecule has 3 aromatic heterocycles. The van der Waals surface area contributed by atoms with E-state index in [-0.39, 0.29) is 47.4 Å². The second-order valence-electron chi connectivity index (χ2n) is 25.8. The lowest BCUT2D eigenvalue weighted by molar-refractivity contribution is -0.384. The van der Waals surface area contributed by atoms with Crippen LogP contribution in [0.4, 0.5) is 34.1 Å². The van der Waals surface area contributed by atoms with E-state index in [1.807, 2.05) is 43.6 Å². The highest BCUT2D eigenvalue weighted by atomic mass is 32.2. The van der Waals surface area contributed by atoms with E-state index >= 15 is 0 Å². The molecule has 88 heavy (non-hydrogen) atoms. The summed E-state index contributed by atoms with van der Waals surface area (Å²) in [5.41, 5.74) is 5.28. The molecule has 1 spiro atoms. The number of para-hydroxylation sites is 1. The van der Waals surface area contributed by atoms with Crippen LogP contribution in [0.15, 0.2) is 96.2 Å². The number of methoxy groups -OCH3 is 1. The van der Waals surface area contributed by atoms with E-state index in [1.165, 1.54) is 17.7 Å². The van der Waals surface area contributed by atoms with Crippen LogP contribution in [0, 0.1) is 21.4 Å². The number of hydrogen-bond donors (Lipinski definition) is 4. The molecule has 468 valence electrons. The van der Waals surface area contributed by atoms with Crippen LogP contribution in [0.5, 0.6) is 17.5 Å². The van der Waals surface area contributed by atoms with Gasteiger partial charge in [-0.3, -0.25) is 24.7 Å². The maximum atomic E-state index is 14.9. The number of hydrogen-bond acceptors (Lipinski definition) is 19. The van der Waals surface area contributed by atoms with Crippen LogP contribution in [0.25, 0.3) is 11.0 Å². The number of benzene rings is 3. The summed E-state index contributed by atoms with van der Waals surface area (Å²) in [5.74, 6) is 1.21. The number of nitro groups is 1. The number of amides is 1. The number of rotatable bonds is 17. The van der Waals surface area contributed by atoms with E-state index in [4.69, 9.17) is 33.7 Å². The second kappa shape index (κ2) is 24.6. The number of aromatic amines is 1. The van der Waals surface area contributed by atoms with Gasteiger partial charge in [0.1, 0.15) is 34.6 Å². The Hall–Kier alpha value is -7.28. The molecule has 3 atom stereocenters. The molecule has 0 radical (unpaired) electrons. The molecule has 2 saturated carbocycles. The molecule has 6 aromatic rings.